The van der Waals surface area contributed by atoms with Crippen LogP contribution >= 0.6 is 0 Å². The third kappa shape index (κ3) is 8.88. The predicted molar refractivity (Wildman–Crippen MR) is 69.4 cm³/mol. The van der Waals surface area contributed by atoms with Crippen LogP contribution < -0.4 is 5.32 Å². The number of rotatable bonds is 9. The minimum Gasteiger partial charge on any atom is -0.311 e. The van der Waals surface area contributed by atoms with E-state index in [0.717, 1.165) is 6.04 Å². The van der Waals surface area contributed by atoms with Gasteiger partial charge in [0.25, 0.3) is 0 Å². The Morgan fingerprint density at radius 2 is 1.80 bits per heavy atom. The number of hydrogen-bond acceptors (Lipinski definition) is 2. The first-order valence-corrected chi connectivity index (χ1v) is 6.50. The molecule has 0 rings (SSSR count). The molecule has 0 aromatic heterocycles. The second-order valence-electron chi connectivity index (χ2n) is 4.91. The van der Waals surface area contributed by atoms with Crippen LogP contribution in [0.4, 0.5) is 0 Å². The van der Waals surface area contributed by atoms with Gasteiger partial charge in [-0.25, -0.2) is 0 Å². The Labute approximate surface area is 96.4 Å². The molecular formula is C13H30N2. The topological polar surface area (TPSA) is 15.3 Å². The summed E-state index contributed by atoms with van der Waals surface area (Å²) in [5, 5.41) is 3.73. The van der Waals surface area contributed by atoms with Crippen LogP contribution in [0.3, 0.4) is 0 Å². The van der Waals surface area contributed by atoms with E-state index in [1.165, 1.54) is 38.6 Å². The smallest absolute Gasteiger partial charge is 0.00669 e. The van der Waals surface area contributed by atoms with Gasteiger partial charge in [0, 0.05) is 12.1 Å². The molecule has 0 saturated heterocycles. The Balaban J connectivity index is 3.64. The van der Waals surface area contributed by atoms with E-state index >= 15 is 0 Å². The Bertz CT molecular complexity index is 134. The lowest BCUT2D eigenvalue weighted by Crippen LogP contribution is -2.37. The van der Waals surface area contributed by atoms with Crippen LogP contribution in [0.15, 0.2) is 0 Å². The molecular weight excluding hydrogens is 184 g/mol. The lowest BCUT2D eigenvalue weighted by Gasteiger charge is -2.23. The summed E-state index contributed by atoms with van der Waals surface area (Å²) in [6.45, 7) is 8.03. The molecule has 2 nitrogen and oxygen atoms in total. The SMILES string of the molecule is CCCCC(CC)NC(C)CCN(C)C. The summed E-state index contributed by atoms with van der Waals surface area (Å²) in [7, 11) is 4.28. The molecule has 2 unspecified atom stereocenters. The fourth-order valence-corrected chi connectivity index (χ4v) is 1.79. The molecule has 0 spiro atoms. The molecule has 0 radical (unpaired) electrons. The fraction of sp³-hybridized carbons (Fsp3) is 1.00. The highest BCUT2D eigenvalue weighted by molar-refractivity contribution is 4.70. The predicted octanol–water partition coefficient (Wildman–Crippen LogP) is 2.89. The lowest BCUT2D eigenvalue weighted by atomic mass is 10.1. The Morgan fingerprint density at radius 1 is 1.13 bits per heavy atom. The average molecular weight is 214 g/mol. The van der Waals surface area contributed by atoms with Crippen LogP contribution in [-0.2, 0) is 0 Å². The number of nitrogens with zero attached hydrogens (tertiary/aromatic N) is 1. The van der Waals surface area contributed by atoms with Crippen molar-refractivity contribution in [3.8, 4) is 0 Å². The molecule has 0 aromatic carbocycles. The van der Waals surface area contributed by atoms with Gasteiger partial charge in [0.15, 0.2) is 0 Å². The quantitative estimate of drug-likeness (QED) is 0.635. The maximum atomic E-state index is 3.73. The van der Waals surface area contributed by atoms with Gasteiger partial charge in [-0.2, -0.15) is 0 Å². The van der Waals surface area contributed by atoms with E-state index < -0.39 is 0 Å². The summed E-state index contributed by atoms with van der Waals surface area (Å²) in [5.74, 6) is 0. The monoisotopic (exact) mass is 214 g/mol. The van der Waals surface area contributed by atoms with Gasteiger partial charge in [-0.1, -0.05) is 26.7 Å². The highest BCUT2D eigenvalue weighted by atomic mass is 15.1. The van der Waals surface area contributed by atoms with E-state index in [9.17, 15) is 0 Å². The molecule has 0 bridgehead atoms. The summed E-state index contributed by atoms with van der Waals surface area (Å²) in [6.07, 6.45) is 6.50. The molecule has 0 fully saturated rings. The van der Waals surface area contributed by atoms with E-state index in [4.69, 9.17) is 0 Å². The summed E-state index contributed by atoms with van der Waals surface area (Å²) < 4.78 is 0. The maximum absolute atomic E-state index is 3.73. The Kier molecular flexibility index (Phi) is 9.12. The molecule has 0 amide bonds. The second-order valence-corrected chi connectivity index (χ2v) is 4.91. The minimum absolute atomic E-state index is 0.647. The largest absolute Gasteiger partial charge is 0.311 e. The first-order chi connectivity index (χ1) is 7.10. The van der Waals surface area contributed by atoms with Crippen molar-refractivity contribution in [2.24, 2.45) is 0 Å². The van der Waals surface area contributed by atoms with E-state index in [2.05, 4.69) is 45.1 Å². The zero-order valence-electron chi connectivity index (χ0n) is 11.3. The molecule has 2 atom stereocenters. The molecule has 0 aromatic rings. The molecule has 2 heteroatoms. The summed E-state index contributed by atoms with van der Waals surface area (Å²) in [4.78, 5) is 2.26. The molecule has 0 aliphatic heterocycles. The van der Waals surface area contributed by atoms with Crippen molar-refractivity contribution in [1.29, 1.82) is 0 Å². The van der Waals surface area contributed by atoms with Crippen LogP contribution in [0.2, 0.25) is 0 Å². The van der Waals surface area contributed by atoms with E-state index in [1.54, 1.807) is 0 Å². The zero-order valence-corrected chi connectivity index (χ0v) is 11.3. The van der Waals surface area contributed by atoms with E-state index in [0.29, 0.717) is 6.04 Å². The highest BCUT2D eigenvalue weighted by Crippen LogP contribution is 2.06. The first kappa shape index (κ1) is 14.9. The zero-order chi connectivity index (χ0) is 11.7. The molecule has 0 aliphatic carbocycles. The second kappa shape index (κ2) is 9.17. The van der Waals surface area contributed by atoms with Crippen LogP contribution in [0.1, 0.15) is 52.9 Å². The van der Waals surface area contributed by atoms with Gasteiger partial charge in [0.1, 0.15) is 0 Å². The van der Waals surface area contributed by atoms with Gasteiger partial charge in [-0.3, -0.25) is 0 Å². The Morgan fingerprint density at radius 3 is 2.27 bits per heavy atom. The minimum atomic E-state index is 0.647. The van der Waals surface area contributed by atoms with Crippen molar-refractivity contribution in [3.63, 3.8) is 0 Å². The molecule has 1 N–H and O–H groups in total. The van der Waals surface area contributed by atoms with Crippen molar-refractivity contribution in [1.82, 2.24) is 10.2 Å². The Hall–Kier alpha value is -0.0800. The lowest BCUT2D eigenvalue weighted by molar-refractivity contribution is 0.337. The summed E-state index contributed by atoms with van der Waals surface area (Å²) in [5.41, 5.74) is 0. The van der Waals surface area contributed by atoms with Gasteiger partial charge in [0.05, 0.1) is 0 Å². The van der Waals surface area contributed by atoms with Crippen molar-refractivity contribution in [3.05, 3.63) is 0 Å². The van der Waals surface area contributed by atoms with Crippen LogP contribution in [0, 0.1) is 0 Å². The standard InChI is InChI=1S/C13H30N2/c1-6-8-9-13(7-2)14-12(3)10-11-15(4)5/h12-14H,6-11H2,1-5H3. The van der Waals surface area contributed by atoms with Crippen LogP contribution in [0.5, 0.6) is 0 Å². The van der Waals surface area contributed by atoms with Crippen LogP contribution in [0.25, 0.3) is 0 Å². The third-order valence-electron chi connectivity index (χ3n) is 2.93. The first-order valence-electron chi connectivity index (χ1n) is 6.50. The van der Waals surface area contributed by atoms with Gasteiger partial charge >= 0.3 is 0 Å². The molecule has 92 valence electrons. The van der Waals surface area contributed by atoms with Gasteiger partial charge in [-0.15, -0.1) is 0 Å². The maximum Gasteiger partial charge on any atom is 0.00669 e. The third-order valence-corrected chi connectivity index (χ3v) is 2.93. The average Bonchev–Trinajstić information content (AvgIpc) is 2.21. The number of unbranched alkanes of at least 4 members (excludes halogenated alkanes) is 1. The molecule has 15 heavy (non-hydrogen) atoms. The van der Waals surface area contributed by atoms with Gasteiger partial charge < -0.3 is 10.2 Å². The van der Waals surface area contributed by atoms with Crippen molar-refractivity contribution >= 4 is 0 Å². The van der Waals surface area contributed by atoms with Crippen molar-refractivity contribution < 1.29 is 0 Å². The molecule has 0 heterocycles. The molecule has 0 saturated carbocycles. The van der Waals surface area contributed by atoms with Gasteiger partial charge in [0.2, 0.25) is 0 Å². The molecule has 0 aliphatic rings. The van der Waals surface area contributed by atoms with E-state index in [-0.39, 0.29) is 0 Å². The summed E-state index contributed by atoms with van der Waals surface area (Å²) >= 11 is 0. The van der Waals surface area contributed by atoms with Crippen LogP contribution in [-0.4, -0.2) is 37.6 Å². The highest BCUT2D eigenvalue weighted by Gasteiger charge is 2.09. The normalized spacial score (nSPS) is 15.6. The fourth-order valence-electron chi connectivity index (χ4n) is 1.79. The number of hydrogen-bond donors (Lipinski definition) is 1. The summed E-state index contributed by atoms with van der Waals surface area (Å²) in [6, 6.07) is 1.37. The van der Waals surface area contributed by atoms with Crippen molar-refractivity contribution in [2.45, 2.75) is 65.0 Å². The van der Waals surface area contributed by atoms with Crippen molar-refractivity contribution in [2.75, 3.05) is 20.6 Å². The number of nitrogens with one attached hydrogen (secondary N) is 1. The van der Waals surface area contributed by atoms with Gasteiger partial charge in [-0.05, 0) is 46.8 Å². The van der Waals surface area contributed by atoms with E-state index in [1.807, 2.05) is 0 Å².